The van der Waals surface area contributed by atoms with Crippen LogP contribution < -0.4 is 0 Å². The van der Waals surface area contributed by atoms with Gasteiger partial charge in [0.2, 0.25) is 5.91 Å². The average Bonchev–Trinajstić information content (AvgIpc) is 3.41. The van der Waals surface area contributed by atoms with Crippen molar-refractivity contribution in [1.29, 1.82) is 0 Å². The topological polar surface area (TPSA) is 55.3 Å². The van der Waals surface area contributed by atoms with Gasteiger partial charge in [-0.05, 0) is 61.8 Å². The van der Waals surface area contributed by atoms with Crippen LogP contribution in [-0.2, 0) is 9.53 Å². The Labute approximate surface area is 153 Å². The van der Waals surface area contributed by atoms with Crippen molar-refractivity contribution in [3.63, 3.8) is 0 Å². The minimum Gasteiger partial charge on any atom is -0.381 e. The number of aromatic nitrogens is 2. The van der Waals surface area contributed by atoms with Gasteiger partial charge in [-0.15, -0.1) is 0 Å². The van der Waals surface area contributed by atoms with E-state index in [9.17, 15) is 4.79 Å². The molecule has 2 aromatic rings. The molecule has 5 nitrogen and oxygen atoms in total. The van der Waals surface area contributed by atoms with Crippen LogP contribution in [0.15, 0.2) is 24.4 Å². The molecule has 2 aromatic heterocycles. The number of hydrogen-bond acceptors (Lipinski definition) is 4. The maximum Gasteiger partial charge on any atom is 0.228 e. The maximum absolute atomic E-state index is 12.5. The molecule has 1 amide bonds. The molecular weight excluding hydrogens is 326 g/mol. The zero-order valence-electron chi connectivity index (χ0n) is 15.1. The van der Waals surface area contributed by atoms with Crippen molar-refractivity contribution in [2.75, 3.05) is 26.3 Å². The van der Waals surface area contributed by atoms with Crippen LogP contribution in [0.5, 0.6) is 0 Å². The van der Waals surface area contributed by atoms with E-state index in [-0.39, 0.29) is 11.8 Å². The molecule has 3 aliphatic rings. The van der Waals surface area contributed by atoms with E-state index in [1.165, 1.54) is 18.4 Å². The SMILES string of the molecule is O=C(C1CCOC1)N1CCC(c2ccc3cc(C4CC4)cnc3n2)CC1. The zero-order chi connectivity index (χ0) is 17.5. The summed E-state index contributed by atoms with van der Waals surface area (Å²) in [4.78, 5) is 24.0. The van der Waals surface area contributed by atoms with E-state index in [4.69, 9.17) is 9.72 Å². The number of carbonyl (C=O) groups is 1. The zero-order valence-corrected chi connectivity index (χ0v) is 15.1. The number of pyridine rings is 2. The molecule has 4 heterocycles. The van der Waals surface area contributed by atoms with Crippen LogP contribution >= 0.6 is 0 Å². The second-order valence-electron chi connectivity index (χ2n) is 7.99. The van der Waals surface area contributed by atoms with Crippen molar-refractivity contribution < 1.29 is 9.53 Å². The lowest BCUT2D eigenvalue weighted by atomic mass is 9.92. The van der Waals surface area contributed by atoms with E-state index in [0.29, 0.717) is 12.5 Å². The van der Waals surface area contributed by atoms with Gasteiger partial charge in [0.15, 0.2) is 5.65 Å². The molecule has 1 atom stereocenters. The first kappa shape index (κ1) is 16.2. The van der Waals surface area contributed by atoms with Crippen molar-refractivity contribution in [3.8, 4) is 0 Å². The number of hydrogen-bond donors (Lipinski definition) is 0. The van der Waals surface area contributed by atoms with Crippen molar-refractivity contribution in [2.45, 2.75) is 43.9 Å². The predicted octanol–water partition coefficient (Wildman–Crippen LogP) is 3.25. The highest BCUT2D eigenvalue weighted by Gasteiger charge is 2.31. The van der Waals surface area contributed by atoms with Crippen molar-refractivity contribution in [2.24, 2.45) is 5.92 Å². The summed E-state index contributed by atoms with van der Waals surface area (Å²) in [7, 11) is 0. The van der Waals surface area contributed by atoms with E-state index in [0.717, 1.165) is 61.6 Å². The quantitative estimate of drug-likeness (QED) is 0.852. The predicted molar refractivity (Wildman–Crippen MR) is 99.0 cm³/mol. The molecule has 5 rings (SSSR count). The third-order valence-electron chi connectivity index (χ3n) is 6.14. The molecule has 0 N–H and O–H groups in total. The Hall–Kier alpha value is -2.01. The summed E-state index contributed by atoms with van der Waals surface area (Å²) in [5, 5.41) is 1.15. The fourth-order valence-electron chi connectivity index (χ4n) is 4.29. The van der Waals surface area contributed by atoms with Gasteiger partial charge in [-0.3, -0.25) is 4.79 Å². The summed E-state index contributed by atoms with van der Waals surface area (Å²) in [6.07, 6.45) is 7.43. The number of nitrogens with zero attached hydrogens (tertiary/aromatic N) is 3. The Kier molecular flexibility index (Phi) is 4.12. The second-order valence-corrected chi connectivity index (χ2v) is 7.99. The van der Waals surface area contributed by atoms with Crippen LogP contribution in [0.1, 0.15) is 55.2 Å². The molecule has 3 fully saturated rings. The molecule has 26 heavy (non-hydrogen) atoms. The highest BCUT2D eigenvalue weighted by atomic mass is 16.5. The lowest BCUT2D eigenvalue weighted by Gasteiger charge is -2.33. The van der Waals surface area contributed by atoms with Gasteiger partial charge in [-0.1, -0.05) is 0 Å². The smallest absolute Gasteiger partial charge is 0.228 e. The molecule has 1 saturated carbocycles. The van der Waals surface area contributed by atoms with Gasteiger partial charge in [-0.2, -0.15) is 0 Å². The number of piperidine rings is 1. The molecule has 136 valence electrons. The van der Waals surface area contributed by atoms with Crippen LogP contribution in [0.2, 0.25) is 0 Å². The first-order chi connectivity index (χ1) is 12.8. The molecular formula is C21H25N3O2. The van der Waals surface area contributed by atoms with Gasteiger partial charge >= 0.3 is 0 Å². The highest BCUT2D eigenvalue weighted by molar-refractivity contribution is 5.79. The fraction of sp³-hybridized carbons (Fsp3) is 0.571. The minimum atomic E-state index is 0.0789. The van der Waals surface area contributed by atoms with Gasteiger partial charge < -0.3 is 9.64 Å². The third-order valence-corrected chi connectivity index (χ3v) is 6.14. The number of carbonyl (C=O) groups excluding carboxylic acids is 1. The Morgan fingerprint density at radius 3 is 2.65 bits per heavy atom. The average molecular weight is 351 g/mol. The van der Waals surface area contributed by atoms with Crippen LogP contribution in [0.3, 0.4) is 0 Å². The van der Waals surface area contributed by atoms with Crippen molar-refractivity contribution >= 4 is 16.9 Å². The van der Waals surface area contributed by atoms with Crippen molar-refractivity contribution in [1.82, 2.24) is 14.9 Å². The molecule has 0 aromatic carbocycles. The highest BCUT2D eigenvalue weighted by Crippen LogP contribution is 2.40. The monoisotopic (exact) mass is 351 g/mol. The first-order valence-corrected chi connectivity index (χ1v) is 9.91. The lowest BCUT2D eigenvalue weighted by molar-refractivity contribution is -0.136. The molecule has 0 bridgehead atoms. The molecule has 1 aliphatic carbocycles. The first-order valence-electron chi connectivity index (χ1n) is 9.91. The van der Waals surface area contributed by atoms with Crippen molar-refractivity contribution in [3.05, 3.63) is 35.7 Å². The second kappa shape index (κ2) is 6.62. The number of rotatable bonds is 3. The summed E-state index contributed by atoms with van der Waals surface area (Å²) < 4.78 is 5.36. The van der Waals surface area contributed by atoms with E-state index in [1.807, 2.05) is 11.1 Å². The number of likely N-dealkylation sites (tertiary alicyclic amines) is 1. The molecule has 1 unspecified atom stereocenters. The number of amides is 1. The van der Waals surface area contributed by atoms with Gasteiger partial charge in [0.25, 0.3) is 0 Å². The molecule has 2 aliphatic heterocycles. The Morgan fingerprint density at radius 2 is 1.92 bits per heavy atom. The molecule has 2 saturated heterocycles. The Bertz CT molecular complexity index is 819. The summed E-state index contributed by atoms with van der Waals surface area (Å²) in [6.45, 7) is 2.98. The van der Waals surface area contributed by atoms with E-state index < -0.39 is 0 Å². The third kappa shape index (κ3) is 3.09. The molecule has 0 spiro atoms. The molecule has 5 heteroatoms. The normalized spacial score (nSPS) is 24.3. The van der Waals surface area contributed by atoms with Crippen LogP contribution in [-0.4, -0.2) is 47.1 Å². The van der Waals surface area contributed by atoms with E-state index in [2.05, 4.69) is 23.2 Å². The Balaban J connectivity index is 1.27. The summed E-state index contributed by atoms with van der Waals surface area (Å²) in [6, 6.07) is 6.58. The summed E-state index contributed by atoms with van der Waals surface area (Å²) in [5.74, 6) is 1.50. The van der Waals surface area contributed by atoms with Gasteiger partial charge in [0.1, 0.15) is 0 Å². The minimum absolute atomic E-state index is 0.0789. The summed E-state index contributed by atoms with van der Waals surface area (Å²) >= 11 is 0. The van der Waals surface area contributed by atoms with Gasteiger partial charge in [0.05, 0.1) is 12.5 Å². The van der Waals surface area contributed by atoms with Crippen LogP contribution in [0.25, 0.3) is 11.0 Å². The number of fused-ring (bicyclic) bond motifs is 1. The van der Waals surface area contributed by atoms with Gasteiger partial charge in [0, 0.05) is 42.9 Å². The maximum atomic E-state index is 12.5. The lowest BCUT2D eigenvalue weighted by Crippen LogP contribution is -2.41. The summed E-state index contributed by atoms with van der Waals surface area (Å²) in [5.41, 5.74) is 3.34. The van der Waals surface area contributed by atoms with Crippen LogP contribution in [0.4, 0.5) is 0 Å². The Morgan fingerprint density at radius 1 is 1.08 bits per heavy atom. The van der Waals surface area contributed by atoms with E-state index in [1.54, 1.807) is 0 Å². The number of ether oxygens (including phenoxy) is 1. The standard InChI is InChI=1S/C21H25N3O2/c25-21(17-7-10-26-13-17)24-8-5-15(6-9-24)19-4-3-16-11-18(14-1-2-14)12-22-20(16)23-19/h3-4,11-12,14-15,17H,1-2,5-10,13H2. The van der Waals surface area contributed by atoms with Gasteiger partial charge in [-0.25, -0.2) is 9.97 Å². The fourth-order valence-corrected chi connectivity index (χ4v) is 4.29. The largest absolute Gasteiger partial charge is 0.381 e. The van der Waals surface area contributed by atoms with E-state index >= 15 is 0 Å². The van der Waals surface area contributed by atoms with Crippen LogP contribution in [0, 0.1) is 5.92 Å². The molecule has 0 radical (unpaired) electrons.